The van der Waals surface area contributed by atoms with E-state index in [-0.39, 0.29) is 19.6 Å². The predicted molar refractivity (Wildman–Crippen MR) is 99.4 cm³/mol. The maximum Gasteiger partial charge on any atom is 0.450 e. The van der Waals surface area contributed by atoms with Gasteiger partial charge in [0.05, 0.1) is 13.0 Å². The Bertz CT molecular complexity index is 486. The van der Waals surface area contributed by atoms with E-state index in [0.717, 1.165) is 0 Å². The van der Waals surface area contributed by atoms with Crippen LogP contribution in [-0.4, -0.2) is 76.2 Å². The third-order valence-electron chi connectivity index (χ3n) is 4.08. The number of ether oxygens (including phenoxy) is 3. The van der Waals surface area contributed by atoms with Crippen molar-refractivity contribution in [1.29, 1.82) is 0 Å². The van der Waals surface area contributed by atoms with E-state index in [1.165, 1.54) is 7.11 Å². The van der Waals surface area contributed by atoms with Gasteiger partial charge in [-0.3, -0.25) is 0 Å². The fourth-order valence-corrected chi connectivity index (χ4v) is 8.05. The van der Waals surface area contributed by atoms with E-state index in [1.807, 2.05) is 6.55 Å². The van der Waals surface area contributed by atoms with Gasteiger partial charge in [0.1, 0.15) is 6.61 Å². The molecule has 15 heteroatoms. The molecule has 0 heterocycles. The molecule has 31 heavy (non-hydrogen) atoms. The third-order valence-corrected chi connectivity index (χ3v) is 10.4. The van der Waals surface area contributed by atoms with Gasteiger partial charge in [-0.2, -0.15) is 30.7 Å². The topological polar surface area (TPSA) is 46.2 Å². The molecule has 0 saturated heterocycles. The first-order valence-electron chi connectivity index (χ1n) is 9.42. The predicted octanol–water partition coefficient (Wildman–Crippen LogP) is 5.28. The molecule has 0 rings (SSSR count). The lowest BCUT2D eigenvalue weighted by atomic mass is 10.3. The van der Waals surface area contributed by atoms with Crippen LogP contribution < -0.4 is 0 Å². The van der Waals surface area contributed by atoms with Gasteiger partial charge in [0.2, 0.25) is 0 Å². The highest BCUT2D eigenvalue weighted by atomic mass is 28.4. The van der Waals surface area contributed by atoms with Gasteiger partial charge in [0.25, 0.3) is 0 Å². The number of hydrogen-bond donors (Lipinski definition) is 0. The summed E-state index contributed by atoms with van der Waals surface area (Å²) in [5.74, 6) is -4.22. The molecule has 0 bridgehead atoms. The summed E-state index contributed by atoms with van der Waals surface area (Å²) in [5.41, 5.74) is 0. The van der Waals surface area contributed by atoms with Crippen LogP contribution in [0.5, 0.6) is 0 Å². The Labute approximate surface area is 179 Å². The van der Waals surface area contributed by atoms with E-state index >= 15 is 0 Å². The van der Waals surface area contributed by atoms with Crippen LogP contribution in [0.4, 0.5) is 35.1 Å². The van der Waals surface area contributed by atoms with Gasteiger partial charge in [-0.05, 0) is 38.0 Å². The van der Waals surface area contributed by atoms with Crippen LogP contribution in [0.1, 0.15) is 19.3 Å². The van der Waals surface area contributed by atoms with Gasteiger partial charge in [0.15, 0.2) is 15.9 Å². The maximum atomic E-state index is 13.6. The Morgan fingerprint density at radius 3 is 2.03 bits per heavy atom. The lowest BCUT2D eigenvalue weighted by Gasteiger charge is -2.29. The molecule has 0 aromatic carbocycles. The summed E-state index contributed by atoms with van der Waals surface area (Å²) in [7, 11) is -2.57. The second kappa shape index (κ2) is 14.0. The van der Waals surface area contributed by atoms with Gasteiger partial charge < -0.3 is 22.8 Å². The first kappa shape index (κ1) is 30.7. The van der Waals surface area contributed by atoms with Crippen LogP contribution in [-0.2, 0) is 22.8 Å². The average Bonchev–Trinajstić information content (AvgIpc) is 2.62. The van der Waals surface area contributed by atoms with E-state index in [4.69, 9.17) is 13.3 Å². The third kappa shape index (κ3) is 13.7. The van der Waals surface area contributed by atoms with Crippen LogP contribution in [0.3, 0.4) is 0 Å². The number of hydrogen-bond acceptors (Lipinski definition) is 5. The Morgan fingerprint density at radius 2 is 1.52 bits per heavy atom. The number of halogens is 8. The number of rotatable bonds is 17. The smallest absolute Gasteiger partial charge is 0.436 e. The quantitative estimate of drug-likeness (QED) is 0.152. The summed E-state index contributed by atoms with van der Waals surface area (Å²) in [5, 5.41) is 0. The zero-order chi connectivity index (χ0) is 24.2. The number of alkyl halides is 8. The molecule has 2 unspecified atom stereocenters. The highest BCUT2D eigenvalue weighted by Crippen LogP contribution is 2.35. The van der Waals surface area contributed by atoms with Crippen LogP contribution in [0.2, 0.25) is 25.2 Å². The zero-order valence-electron chi connectivity index (χ0n) is 17.6. The van der Waals surface area contributed by atoms with Crippen molar-refractivity contribution < 1.29 is 57.9 Å². The SMILES string of the molecule is CO[Si](C)(CCCOCC(F)(OCF)C(F)(F)F)O[Si](C)CCCOCCC(F)(F)F. The molecule has 0 saturated carbocycles. The Morgan fingerprint density at radius 1 is 0.903 bits per heavy atom. The zero-order valence-corrected chi connectivity index (χ0v) is 19.6. The van der Waals surface area contributed by atoms with E-state index in [1.54, 1.807) is 6.55 Å². The van der Waals surface area contributed by atoms with Crippen molar-refractivity contribution in [2.24, 2.45) is 0 Å². The fraction of sp³-hybridized carbons (Fsp3) is 1.00. The lowest BCUT2D eigenvalue weighted by Crippen LogP contribution is -2.47. The maximum absolute atomic E-state index is 13.6. The molecule has 0 amide bonds. The first-order chi connectivity index (χ1) is 14.2. The highest BCUT2D eigenvalue weighted by molar-refractivity contribution is 6.74. The molecule has 2 atom stereocenters. The minimum absolute atomic E-state index is 0.172. The molecule has 0 aromatic rings. The van der Waals surface area contributed by atoms with Crippen molar-refractivity contribution in [3.8, 4) is 0 Å². The van der Waals surface area contributed by atoms with E-state index in [0.29, 0.717) is 18.5 Å². The molecule has 0 aliphatic rings. The summed E-state index contributed by atoms with van der Waals surface area (Å²) >= 11 is 0. The average molecular weight is 510 g/mol. The summed E-state index contributed by atoms with van der Waals surface area (Å²) in [4.78, 5) is 0. The molecule has 0 aliphatic carbocycles. The van der Waals surface area contributed by atoms with Crippen molar-refractivity contribution in [3.05, 3.63) is 0 Å². The molecule has 5 nitrogen and oxygen atoms in total. The lowest BCUT2D eigenvalue weighted by molar-refractivity contribution is -0.353. The standard InChI is InChI=1S/C16H29F8O5Si2/c1-25-31(3,29-30(2)10-4-7-26-9-6-15(19,20)21)11-5-8-27-12-14(18,28-13-17)16(22,23)24/h4-13H2,1-3H3. The Balaban J connectivity index is 4.20. The van der Waals surface area contributed by atoms with Crippen LogP contribution in [0.25, 0.3) is 0 Å². The van der Waals surface area contributed by atoms with Crippen molar-refractivity contribution >= 4 is 17.6 Å². The van der Waals surface area contributed by atoms with E-state index in [2.05, 4.69) is 9.47 Å². The largest absolute Gasteiger partial charge is 0.450 e. The van der Waals surface area contributed by atoms with Gasteiger partial charge in [-0.1, -0.05) is 0 Å². The van der Waals surface area contributed by atoms with E-state index < -0.39 is 62.3 Å². The van der Waals surface area contributed by atoms with Crippen LogP contribution >= 0.6 is 0 Å². The molecule has 0 aliphatic heterocycles. The van der Waals surface area contributed by atoms with Crippen LogP contribution in [0, 0.1) is 0 Å². The fourth-order valence-electron chi connectivity index (χ4n) is 2.32. The molecule has 0 fully saturated rings. The van der Waals surface area contributed by atoms with Gasteiger partial charge >= 0.3 is 26.8 Å². The molecular formula is C16H29F8O5Si2. The minimum Gasteiger partial charge on any atom is -0.436 e. The molecular weight excluding hydrogens is 480 g/mol. The Hall–Kier alpha value is -0.326. The Kier molecular flexibility index (Phi) is 13.9. The van der Waals surface area contributed by atoms with Crippen LogP contribution in [0.15, 0.2) is 0 Å². The second-order valence-corrected chi connectivity index (χ2v) is 12.8. The first-order valence-corrected chi connectivity index (χ1v) is 14.1. The normalized spacial score (nSPS) is 17.0. The molecule has 187 valence electrons. The summed E-state index contributed by atoms with van der Waals surface area (Å²) in [6, 6.07) is 0.957. The summed E-state index contributed by atoms with van der Waals surface area (Å²) < 4.78 is 124. The van der Waals surface area contributed by atoms with E-state index in [9.17, 15) is 35.1 Å². The van der Waals surface area contributed by atoms with Crippen molar-refractivity contribution in [1.82, 2.24) is 0 Å². The van der Waals surface area contributed by atoms with Crippen molar-refractivity contribution in [3.63, 3.8) is 0 Å². The molecule has 0 N–H and O–H groups in total. The monoisotopic (exact) mass is 509 g/mol. The van der Waals surface area contributed by atoms with Gasteiger partial charge in [-0.15, -0.1) is 0 Å². The van der Waals surface area contributed by atoms with Crippen molar-refractivity contribution in [2.75, 3.05) is 40.4 Å². The molecule has 0 spiro atoms. The van der Waals surface area contributed by atoms with Gasteiger partial charge in [0, 0.05) is 20.3 Å². The second-order valence-electron chi connectivity index (χ2n) is 6.86. The van der Waals surface area contributed by atoms with Gasteiger partial charge in [-0.25, -0.2) is 4.39 Å². The minimum atomic E-state index is -5.44. The van der Waals surface area contributed by atoms with Crippen molar-refractivity contribution in [2.45, 2.75) is 62.7 Å². The molecule has 0 aromatic heterocycles. The summed E-state index contributed by atoms with van der Waals surface area (Å²) in [6.45, 7) is -0.304. The highest BCUT2D eigenvalue weighted by Gasteiger charge is 2.58. The molecule has 1 radical (unpaired) electrons. The summed E-state index contributed by atoms with van der Waals surface area (Å²) in [6.07, 6.45) is -9.96.